The fourth-order valence-corrected chi connectivity index (χ4v) is 5.62. The van der Waals surface area contributed by atoms with Gasteiger partial charge >= 0.3 is 0 Å². The van der Waals surface area contributed by atoms with Gasteiger partial charge in [-0.05, 0) is 49.1 Å². The summed E-state index contributed by atoms with van der Waals surface area (Å²) in [6.45, 7) is 1.81. The van der Waals surface area contributed by atoms with Crippen LogP contribution in [0, 0.1) is 0 Å². The lowest BCUT2D eigenvalue weighted by Gasteiger charge is -2.31. The van der Waals surface area contributed by atoms with Crippen molar-refractivity contribution in [2.24, 2.45) is 0 Å². The van der Waals surface area contributed by atoms with E-state index in [-0.39, 0.29) is 16.9 Å². The van der Waals surface area contributed by atoms with Crippen molar-refractivity contribution in [2.45, 2.75) is 26.2 Å². The van der Waals surface area contributed by atoms with Gasteiger partial charge in [0.05, 0.1) is 22.6 Å². The van der Waals surface area contributed by atoms with Crippen LogP contribution in [0.15, 0.2) is 42.5 Å². The molecule has 0 spiro atoms. The van der Waals surface area contributed by atoms with Crippen molar-refractivity contribution in [1.29, 1.82) is 0 Å². The quantitative estimate of drug-likeness (QED) is 0.694. The number of aryl methyl sites for hydroxylation is 1. The first-order chi connectivity index (χ1) is 14.8. The molecule has 31 heavy (non-hydrogen) atoms. The normalized spacial score (nSPS) is 15.6. The van der Waals surface area contributed by atoms with Gasteiger partial charge in [-0.1, -0.05) is 25.1 Å². The molecule has 0 radical (unpaired) electrons. The van der Waals surface area contributed by atoms with Crippen LogP contribution >= 0.6 is 0 Å². The van der Waals surface area contributed by atoms with Crippen LogP contribution in [-0.4, -0.2) is 49.9 Å². The summed E-state index contributed by atoms with van der Waals surface area (Å²) in [5.74, 6) is -1.48. The molecule has 0 saturated carbocycles. The first-order valence-electron chi connectivity index (χ1n) is 10.2. The first kappa shape index (κ1) is 21.0. The second kappa shape index (κ2) is 8.14. The van der Waals surface area contributed by atoms with Gasteiger partial charge in [-0.15, -0.1) is 0 Å². The molecule has 8 nitrogen and oxygen atoms in total. The highest BCUT2D eigenvalue weighted by molar-refractivity contribution is 7.92. The SMILES string of the molecule is CCCS(=O)(=O)N1CCCc2ccc(NC(=O)CN3C(=O)c4ccccc4C3=O)cc21. The van der Waals surface area contributed by atoms with E-state index in [1.54, 1.807) is 42.5 Å². The van der Waals surface area contributed by atoms with Gasteiger partial charge in [0.2, 0.25) is 15.9 Å². The molecule has 2 aromatic rings. The number of anilines is 2. The maximum Gasteiger partial charge on any atom is 0.262 e. The second-order valence-electron chi connectivity index (χ2n) is 7.63. The van der Waals surface area contributed by atoms with E-state index in [9.17, 15) is 22.8 Å². The molecule has 0 atom stereocenters. The zero-order valence-electron chi connectivity index (χ0n) is 17.1. The maximum absolute atomic E-state index is 12.6. The number of nitrogens with one attached hydrogen (secondary N) is 1. The van der Waals surface area contributed by atoms with E-state index in [2.05, 4.69) is 5.32 Å². The summed E-state index contributed by atoms with van der Waals surface area (Å²) in [6, 6.07) is 11.6. The van der Waals surface area contributed by atoms with E-state index in [4.69, 9.17) is 0 Å². The molecule has 0 saturated heterocycles. The van der Waals surface area contributed by atoms with Crippen LogP contribution in [0.2, 0.25) is 0 Å². The second-order valence-corrected chi connectivity index (χ2v) is 9.64. The number of amides is 3. The highest BCUT2D eigenvalue weighted by Crippen LogP contribution is 2.32. The minimum atomic E-state index is -3.43. The van der Waals surface area contributed by atoms with Crippen molar-refractivity contribution in [3.63, 3.8) is 0 Å². The van der Waals surface area contributed by atoms with Gasteiger partial charge in [0.15, 0.2) is 0 Å². The Labute approximate surface area is 180 Å². The standard InChI is InChI=1S/C22H23N3O5S/c1-2-12-31(29,30)25-11-5-6-15-9-10-16(13-19(15)25)23-20(26)14-24-21(27)17-7-3-4-8-18(17)22(24)28/h3-4,7-10,13H,2,5-6,11-12,14H2,1H3,(H,23,26). The third kappa shape index (κ3) is 3.93. The molecule has 3 amide bonds. The van der Waals surface area contributed by atoms with Crippen LogP contribution < -0.4 is 9.62 Å². The van der Waals surface area contributed by atoms with Gasteiger partial charge in [-0.25, -0.2) is 8.42 Å². The molecule has 0 bridgehead atoms. The van der Waals surface area contributed by atoms with Crippen LogP contribution in [0.25, 0.3) is 0 Å². The molecule has 0 aliphatic carbocycles. The number of sulfonamides is 1. The van der Waals surface area contributed by atoms with Crippen molar-refractivity contribution < 1.29 is 22.8 Å². The zero-order valence-corrected chi connectivity index (χ0v) is 17.9. The van der Waals surface area contributed by atoms with E-state index in [0.717, 1.165) is 23.3 Å². The van der Waals surface area contributed by atoms with Crippen LogP contribution in [0.3, 0.4) is 0 Å². The third-order valence-corrected chi connectivity index (χ3v) is 7.40. The summed E-state index contributed by atoms with van der Waals surface area (Å²) < 4.78 is 26.7. The van der Waals surface area contributed by atoms with Crippen LogP contribution in [-0.2, 0) is 21.2 Å². The Morgan fingerprint density at radius 1 is 1.06 bits per heavy atom. The van der Waals surface area contributed by atoms with Crippen LogP contribution in [0.1, 0.15) is 46.0 Å². The number of rotatable bonds is 6. The Morgan fingerprint density at radius 3 is 2.39 bits per heavy atom. The molecule has 0 unspecified atom stereocenters. The average Bonchev–Trinajstić information content (AvgIpc) is 2.98. The van der Waals surface area contributed by atoms with Gasteiger partial charge in [-0.3, -0.25) is 23.6 Å². The topological polar surface area (TPSA) is 104 Å². The third-order valence-electron chi connectivity index (χ3n) is 5.42. The molecule has 4 rings (SSSR count). The number of imide groups is 1. The predicted molar refractivity (Wildman–Crippen MR) is 117 cm³/mol. The van der Waals surface area contributed by atoms with Crippen molar-refractivity contribution in [2.75, 3.05) is 28.5 Å². The molecule has 0 aromatic heterocycles. The first-order valence-corrected chi connectivity index (χ1v) is 11.8. The van der Waals surface area contributed by atoms with Gasteiger partial charge in [0, 0.05) is 12.2 Å². The minimum Gasteiger partial charge on any atom is -0.324 e. The highest BCUT2D eigenvalue weighted by atomic mass is 32.2. The largest absolute Gasteiger partial charge is 0.324 e. The van der Waals surface area contributed by atoms with Crippen LogP contribution in [0.5, 0.6) is 0 Å². The Balaban J connectivity index is 1.51. The number of nitrogens with zero attached hydrogens (tertiary/aromatic N) is 2. The molecule has 2 aromatic carbocycles. The Hall–Kier alpha value is -3.20. The predicted octanol–water partition coefficient (Wildman–Crippen LogP) is 2.41. The number of hydrogen-bond donors (Lipinski definition) is 1. The van der Waals surface area contributed by atoms with E-state index in [1.165, 1.54) is 4.31 Å². The zero-order chi connectivity index (χ0) is 22.2. The number of fused-ring (bicyclic) bond motifs is 2. The summed E-state index contributed by atoms with van der Waals surface area (Å²) in [4.78, 5) is 38.4. The molecule has 162 valence electrons. The Morgan fingerprint density at radius 2 is 1.74 bits per heavy atom. The van der Waals surface area contributed by atoms with Crippen molar-refractivity contribution in [1.82, 2.24) is 4.90 Å². The molecule has 2 heterocycles. The van der Waals surface area contributed by atoms with Gasteiger partial charge in [-0.2, -0.15) is 0 Å². The average molecular weight is 442 g/mol. The molecule has 1 N–H and O–H groups in total. The monoisotopic (exact) mass is 441 g/mol. The molecule has 2 aliphatic heterocycles. The van der Waals surface area contributed by atoms with Crippen molar-refractivity contribution in [3.05, 3.63) is 59.2 Å². The summed E-state index contributed by atoms with van der Waals surface area (Å²) in [5, 5.41) is 2.68. The summed E-state index contributed by atoms with van der Waals surface area (Å²) >= 11 is 0. The molecular weight excluding hydrogens is 418 g/mol. The fourth-order valence-electron chi connectivity index (χ4n) is 4.00. The number of hydrogen-bond acceptors (Lipinski definition) is 5. The lowest BCUT2D eigenvalue weighted by molar-refractivity contribution is -0.116. The molecular formula is C22H23N3O5S. The summed E-state index contributed by atoms with van der Waals surface area (Å²) in [6.07, 6.45) is 2.02. The van der Waals surface area contributed by atoms with Crippen molar-refractivity contribution >= 4 is 39.1 Å². The number of carbonyl (C=O) groups excluding carboxylic acids is 3. The lowest BCUT2D eigenvalue weighted by atomic mass is 10.0. The maximum atomic E-state index is 12.6. The van der Waals surface area contributed by atoms with Gasteiger partial charge < -0.3 is 5.32 Å². The highest BCUT2D eigenvalue weighted by Gasteiger charge is 2.36. The minimum absolute atomic E-state index is 0.0583. The Kier molecular flexibility index (Phi) is 5.53. The lowest BCUT2D eigenvalue weighted by Crippen LogP contribution is -2.38. The van der Waals surface area contributed by atoms with Gasteiger partial charge in [0.25, 0.3) is 11.8 Å². The van der Waals surface area contributed by atoms with E-state index in [0.29, 0.717) is 24.3 Å². The summed E-state index contributed by atoms with van der Waals surface area (Å²) in [5.41, 5.74) is 2.46. The van der Waals surface area contributed by atoms with E-state index in [1.807, 2.05) is 6.92 Å². The van der Waals surface area contributed by atoms with Crippen LogP contribution in [0.4, 0.5) is 11.4 Å². The van der Waals surface area contributed by atoms with E-state index < -0.39 is 34.3 Å². The van der Waals surface area contributed by atoms with E-state index >= 15 is 0 Å². The summed E-state index contributed by atoms with van der Waals surface area (Å²) in [7, 11) is -3.43. The fraction of sp³-hybridized carbons (Fsp3) is 0.318. The molecule has 9 heteroatoms. The van der Waals surface area contributed by atoms with Gasteiger partial charge in [0.1, 0.15) is 6.54 Å². The Bertz CT molecular complexity index is 1140. The van der Waals surface area contributed by atoms with Crippen molar-refractivity contribution in [3.8, 4) is 0 Å². The smallest absolute Gasteiger partial charge is 0.262 e. The molecule has 2 aliphatic rings. The molecule has 0 fully saturated rings. The number of carbonyl (C=O) groups is 3. The number of benzene rings is 2.